The van der Waals surface area contributed by atoms with Gasteiger partial charge in [0, 0.05) is 13.1 Å². The molecule has 1 fully saturated rings. The molecular formula is C19H22N2O3S2. The Labute approximate surface area is 163 Å². The van der Waals surface area contributed by atoms with Crippen molar-refractivity contribution in [2.75, 3.05) is 33.8 Å². The first kappa shape index (κ1) is 20.4. The molecule has 0 aliphatic carbocycles. The quantitative estimate of drug-likeness (QED) is 0.386. The Hall–Kier alpha value is -1.96. The third kappa shape index (κ3) is 6.40. The van der Waals surface area contributed by atoms with Gasteiger partial charge >= 0.3 is 5.97 Å². The van der Waals surface area contributed by atoms with E-state index in [1.165, 1.54) is 16.7 Å². The van der Waals surface area contributed by atoms with E-state index in [9.17, 15) is 9.59 Å². The molecule has 1 heterocycles. The number of nitrogens with zero attached hydrogens (tertiary/aromatic N) is 2. The summed E-state index contributed by atoms with van der Waals surface area (Å²) in [5.41, 5.74) is 1.06. The molecule has 7 heteroatoms. The van der Waals surface area contributed by atoms with Crippen LogP contribution in [-0.4, -0.2) is 59.8 Å². The largest absolute Gasteiger partial charge is 0.464 e. The van der Waals surface area contributed by atoms with Gasteiger partial charge in [0.15, 0.2) is 0 Å². The van der Waals surface area contributed by atoms with E-state index < -0.39 is 0 Å². The number of hydrogen-bond donors (Lipinski definition) is 0. The molecule has 0 radical (unpaired) electrons. The summed E-state index contributed by atoms with van der Waals surface area (Å²) in [5, 5.41) is 0. The summed E-state index contributed by atoms with van der Waals surface area (Å²) in [7, 11) is 3.82. The van der Waals surface area contributed by atoms with E-state index in [0.717, 1.165) is 5.56 Å². The number of esters is 1. The van der Waals surface area contributed by atoms with Crippen LogP contribution in [0.5, 0.6) is 0 Å². The molecule has 1 aliphatic rings. The Morgan fingerprint density at radius 3 is 2.73 bits per heavy atom. The lowest BCUT2D eigenvalue weighted by Gasteiger charge is -2.14. The van der Waals surface area contributed by atoms with E-state index >= 15 is 0 Å². The van der Waals surface area contributed by atoms with E-state index in [1.54, 1.807) is 6.08 Å². The van der Waals surface area contributed by atoms with Crippen LogP contribution in [0.25, 0.3) is 6.08 Å². The molecule has 26 heavy (non-hydrogen) atoms. The van der Waals surface area contributed by atoms with E-state index in [4.69, 9.17) is 17.0 Å². The Morgan fingerprint density at radius 1 is 1.31 bits per heavy atom. The molecule has 0 N–H and O–H groups in total. The van der Waals surface area contributed by atoms with Crippen LogP contribution < -0.4 is 0 Å². The average molecular weight is 391 g/mol. The monoisotopic (exact) mass is 390 g/mol. The minimum atomic E-state index is -0.325. The van der Waals surface area contributed by atoms with Crippen molar-refractivity contribution in [2.45, 2.75) is 6.42 Å². The average Bonchev–Trinajstić information content (AvgIpc) is 2.87. The maximum atomic E-state index is 12.4. The van der Waals surface area contributed by atoms with Crippen molar-refractivity contribution >= 4 is 46.3 Å². The van der Waals surface area contributed by atoms with Crippen molar-refractivity contribution in [3.05, 3.63) is 53.0 Å². The first-order chi connectivity index (χ1) is 12.5. The zero-order valence-corrected chi connectivity index (χ0v) is 16.5. The number of amides is 1. The number of thiocarbonyl (C=S) groups is 1. The van der Waals surface area contributed by atoms with Gasteiger partial charge in [-0.15, -0.1) is 0 Å². The number of hydrogen-bond acceptors (Lipinski definition) is 6. The highest BCUT2D eigenvalue weighted by molar-refractivity contribution is 8.26. The zero-order valence-electron chi connectivity index (χ0n) is 14.9. The molecule has 0 saturated carbocycles. The van der Waals surface area contributed by atoms with Gasteiger partial charge < -0.3 is 9.64 Å². The minimum absolute atomic E-state index is 0.132. The topological polar surface area (TPSA) is 49.9 Å². The highest BCUT2D eigenvalue weighted by atomic mass is 32.2. The van der Waals surface area contributed by atoms with Crippen LogP contribution in [0.1, 0.15) is 12.0 Å². The van der Waals surface area contributed by atoms with Crippen LogP contribution in [-0.2, 0) is 14.3 Å². The Bertz CT molecular complexity index is 715. The lowest BCUT2D eigenvalue weighted by atomic mass is 10.2. The highest BCUT2D eigenvalue weighted by Crippen LogP contribution is 2.31. The number of carbonyl (C=O) groups is 2. The second kappa shape index (κ2) is 10.3. The normalized spacial score (nSPS) is 16.3. The van der Waals surface area contributed by atoms with Gasteiger partial charge in [-0.25, -0.2) is 0 Å². The summed E-state index contributed by atoms with van der Waals surface area (Å²) in [5.74, 6) is -0.493. The molecule has 0 atom stereocenters. The molecular weight excluding hydrogens is 368 g/mol. The molecule has 1 aliphatic heterocycles. The minimum Gasteiger partial charge on any atom is -0.464 e. The number of rotatable bonds is 8. The van der Waals surface area contributed by atoms with Crippen molar-refractivity contribution in [3.8, 4) is 0 Å². The number of benzene rings is 1. The maximum absolute atomic E-state index is 12.4. The SMILES string of the molecule is CN(C)CCOC(=O)CCN1C(=O)/C(=C/C=C/c2ccccc2)SC1=S. The van der Waals surface area contributed by atoms with Gasteiger partial charge in [0.25, 0.3) is 5.91 Å². The summed E-state index contributed by atoms with van der Waals surface area (Å²) in [6, 6.07) is 9.83. The van der Waals surface area contributed by atoms with Gasteiger partial charge in [-0.3, -0.25) is 14.5 Å². The fourth-order valence-electron chi connectivity index (χ4n) is 2.13. The second-order valence-corrected chi connectivity index (χ2v) is 7.57. The maximum Gasteiger partial charge on any atom is 0.307 e. The smallest absolute Gasteiger partial charge is 0.307 e. The molecule has 0 bridgehead atoms. The summed E-state index contributed by atoms with van der Waals surface area (Å²) in [4.78, 5) is 28.1. The molecule has 1 aromatic rings. The zero-order chi connectivity index (χ0) is 18.9. The second-order valence-electron chi connectivity index (χ2n) is 5.90. The van der Waals surface area contributed by atoms with Gasteiger partial charge in [0.2, 0.25) is 0 Å². The lowest BCUT2D eigenvalue weighted by Crippen LogP contribution is -2.31. The molecule has 1 amide bonds. The molecule has 0 unspecified atom stereocenters. The molecule has 0 aromatic heterocycles. The van der Waals surface area contributed by atoms with Crippen LogP contribution >= 0.6 is 24.0 Å². The van der Waals surface area contributed by atoms with Crippen LogP contribution in [0.15, 0.2) is 47.4 Å². The van der Waals surface area contributed by atoms with Gasteiger partial charge in [-0.1, -0.05) is 66.5 Å². The molecule has 1 saturated heterocycles. The van der Waals surface area contributed by atoms with Crippen LogP contribution in [0, 0.1) is 0 Å². The van der Waals surface area contributed by atoms with Gasteiger partial charge in [-0.2, -0.15) is 0 Å². The van der Waals surface area contributed by atoms with Crippen molar-refractivity contribution in [2.24, 2.45) is 0 Å². The van der Waals surface area contributed by atoms with E-state index in [0.29, 0.717) is 22.4 Å². The number of allylic oxidation sites excluding steroid dienone is 2. The third-order valence-electron chi connectivity index (χ3n) is 3.55. The third-order valence-corrected chi connectivity index (χ3v) is 4.95. The standard InChI is InChI=1S/C19H22N2O3S2/c1-20(2)13-14-24-17(22)11-12-21-18(23)16(26-19(21)25)10-6-9-15-7-4-3-5-8-15/h3-10H,11-14H2,1-2H3/b9-6+,16-10-. The first-order valence-electron chi connectivity index (χ1n) is 8.25. The molecule has 0 spiro atoms. The molecule has 1 aromatic carbocycles. The molecule has 2 rings (SSSR count). The Kier molecular flexibility index (Phi) is 8.03. The number of thioether (sulfide) groups is 1. The summed E-state index contributed by atoms with van der Waals surface area (Å²) in [6.45, 7) is 1.25. The summed E-state index contributed by atoms with van der Waals surface area (Å²) < 4.78 is 5.60. The predicted octanol–water partition coefficient (Wildman–Crippen LogP) is 2.94. The van der Waals surface area contributed by atoms with Gasteiger partial charge in [-0.05, 0) is 25.7 Å². The van der Waals surface area contributed by atoms with E-state index in [1.807, 2.05) is 61.5 Å². The summed E-state index contributed by atoms with van der Waals surface area (Å²) in [6.07, 6.45) is 5.64. The van der Waals surface area contributed by atoms with Crippen molar-refractivity contribution in [1.29, 1.82) is 0 Å². The number of carbonyl (C=O) groups excluding carboxylic acids is 2. The number of likely N-dealkylation sites (N-methyl/N-ethyl adjacent to an activating group) is 1. The Balaban J connectivity index is 1.85. The summed E-state index contributed by atoms with van der Waals surface area (Å²) >= 11 is 6.51. The van der Waals surface area contributed by atoms with Crippen LogP contribution in [0.2, 0.25) is 0 Å². The van der Waals surface area contributed by atoms with Crippen molar-refractivity contribution < 1.29 is 14.3 Å². The fourth-order valence-corrected chi connectivity index (χ4v) is 3.40. The fraction of sp³-hybridized carbons (Fsp3) is 0.316. The highest BCUT2D eigenvalue weighted by Gasteiger charge is 2.31. The first-order valence-corrected chi connectivity index (χ1v) is 9.47. The van der Waals surface area contributed by atoms with Crippen molar-refractivity contribution in [1.82, 2.24) is 9.80 Å². The Morgan fingerprint density at radius 2 is 2.04 bits per heavy atom. The van der Waals surface area contributed by atoms with Gasteiger partial charge in [0.05, 0.1) is 11.3 Å². The van der Waals surface area contributed by atoms with Crippen molar-refractivity contribution in [3.63, 3.8) is 0 Å². The van der Waals surface area contributed by atoms with Crippen LogP contribution in [0.3, 0.4) is 0 Å². The predicted molar refractivity (Wildman–Crippen MR) is 110 cm³/mol. The van der Waals surface area contributed by atoms with Gasteiger partial charge in [0.1, 0.15) is 10.9 Å². The number of ether oxygens (including phenoxy) is 1. The molecule has 138 valence electrons. The van der Waals surface area contributed by atoms with E-state index in [2.05, 4.69) is 0 Å². The van der Waals surface area contributed by atoms with Crippen LogP contribution in [0.4, 0.5) is 0 Å². The molecule has 5 nitrogen and oxygen atoms in total. The lowest BCUT2D eigenvalue weighted by molar-refractivity contribution is -0.144. The van der Waals surface area contributed by atoms with E-state index in [-0.39, 0.29) is 24.8 Å².